The zero-order chi connectivity index (χ0) is 14.7. The maximum Gasteiger partial charge on any atom is 0.340 e. The van der Waals surface area contributed by atoms with Gasteiger partial charge in [0.1, 0.15) is 17.3 Å². The van der Waals surface area contributed by atoms with Crippen LogP contribution in [0.25, 0.3) is 0 Å². The number of esters is 1. The van der Waals surface area contributed by atoms with E-state index in [0.717, 1.165) is 6.07 Å². The van der Waals surface area contributed by atoms with Gasteiger partial charge in [0.05, 0.1) is 17.7 Å². The van der Waals surface area contributed by atoms with Crippen molar-refractivity contribution in [1.82, 2.24) is 4.98 Å². The number of aromatic nitrogens is 1. The Kier molecular flexibility index (Phi) is 4.05. The maximum atomic E-state index is 12.9. The lowest BCUT2D eigenvalue weighted by atomic mass is 10.2. The topological polar surface area (TPSA) is 74.4 Å². The third-order valence-electron chi connectivity index (χ3n) is 2.46. The van der Waals surface area contributed by atoms with Gasteiger partial charge in [-0.25, -0.2) is 14.2 Å². The van der Waals surface area contributed by atoms with E-state index in [1.165, 1.54) is 31.5 Å². The number of rotatable bonds is 3. The first-order valence-electron chi connectivity index (χ1n) is 5.48. The van der Waals surface area contributed by atoms with Crippen molar-refractivity contribution in [3.8, 4) is 11.6 Å². The molecule has 0 aliphatic carbocycles. The Bertz CT molecular complexity index is 664. The third-order valence-corrected chi connectivity index (χ3v) is 2.75. The number of hydrogen-bond acceptors (Lipinski definition) is 5. The van der Waals surface area contributed by atoms with E-state index in [0.29, 0.717) is 0 Å². The Hall–Kier alpha value is -2.34. The largest absolute Gasteiger partial charge is 0.465 e. The molecule has 0 fully saturated rings. The third kappa shape index (κ3) is 2.80. The van der Waals surface area contributed by atoms with Crippen molar-refractivity contribution in [1.29, 1.82) is 0 Å². The zero-order valence-electron chi connectivity index (χ0n) is 10.4. The molecule has 2 aromatic rings. The van der Waals surface area contributed by atoms with Gasteiger partial charge in [-0.05, 0) is 24.3 Å². The van der Waals surface area contributed by atoms with E-state index in [1.807, 2.05) is 0 Å². The number of hydrogen-bond donors (Lipinski definition) is 1. The number of carbonyl (C=O) groups excluding carboxylic acids is 1. The van der Waals surface area contributed by atoms with E-state index in [1.54, 1.807) is 0 Å². The number of benzene rings is 1. The Labute approximate surface area is 119 Å². The van der Waals surface area contributed by atoms with Gasteiger partial charge in [-0.15, -0.1) is 0 Å². The van der Waals surface area contributed by atoms with Gasteiger partial charge in [0.25, 0.3) is 0 Å². The van der Waals surface area contributed by atoms with Crippen LogP contribution in [0, 0.1) is 5.82 Å². The van der Waals surface area contributed by atoms with Gasteiger partial charge in [0.15, 0.2) is 0 Å². The van der Waals surface area contributed by atoms with Crippen LogP contribution in [0.15, 0.2) is 30.5 Å². The predicted octanol–water partition coefficient (Wildman–Crippen LogP) is 3.04. The van der Waals surface area contributed by atoms with Gasteiger partial charge in [-0.1, -0.05) is 11.6 Å². The molecule has 0 bridgehead atoms. The predicted molar refractivity (Wildman–Crippen MR) is 71.5 cm³/mol. The summed E-state index contributed by atoms with van der Waals surface area (Å²) in [5.41, 5.74) is 5.92. The molecule has 0 amide bonds. The van der Waals surface area contributed by atoms with Gasteiger partial charge in [0, 0.05) is 6.20 Å². The van der Waals surface area contributed by atoms with Crippen molar-refractivity contribution in [3.05, 3.63) is 46.9 Å². The summed E-state index contributed by atoms with van der Waals surface area (Å²) in [4.78, 5) is 15.4. The summed E-state index contributed by atoms with van der Waals surface area (Å²) >= 11 is 5.84. The fourth-order valence-electron chi connectivity index (χ4n) is 1.49. The van der Waals surface area contributed by atoms with E-state index < -0.39 is 11.8 Å². The first-order valence-corrected chi connectivity index (χ1v) is 5.86. The minimum atomic E-state index is -0.611. The summed E-state index contributed by atoms with van der Waals surface area (Å²) in [6, 6.07) is 5.02. The maximum absolute atomic E-state index is 12.9. The highest BCUT2D eigenvalue weighted by molar-refractivity contribution is 6.32. The number of nitrogen functional groups attached to an aromatic ring is 1. The van der Waals surface area contributed by atoms with Gasteiger partial charge in [-0.2, -0.15) is 0 Å². The van der Waals surface area contributed by atoms with Crippen LogP contribution in [0.1, 0.15) is 10.4 Å². The molecule has 0 saturated carbocycles. The lowest BCUT2D eigenvalue weighted by Gasteiger charge is -2.10. The second-order valence-electron chi connectivity index (χ2n) is 3.75. The highest BCUT2D eigenvalue weighted by Crippen LogP contribution is 2.32. The van der Waals surface area contributed by atoms with E-state index in [-0.39, 0.29) is 27.9 Å². The molecule has 2 rings (SSSR count). The van der Waals surface area contributed by atoms with Crippen LogP contribution in [0.3, 0.4) is 0 Å². The molecule has 1 aromatic heterocycles. The van der Waals surface area contributed by atoms with Crippen LogP contribution in [0.4, 0.5) is 10.1 Å². The molecule has 1 aromatic carbocycles. The number of pyridine rings is 1. The summed E-state index contributed by atoms with van der Waals surface area (Å²) in [7, 11) is 1.24. The van der Waals surface area contributed by atoms with Gasteiger partial charge in [-0.3, -0.25) is 0 Å². The minimum Gasteiger partial charge on any atom is -0.465 e. The molecule has 0 aliphatic rings. The van der Waals surface area contributed by atoms with Gasteiger partial charge >= 0.3 is 5.97 Å². The molecule has 0 saturated heterocycles. The number of ether oxygens (including phenoxy) is 2. The highest BCUT2D eigenvalue weighted by Gasteiger charge is 2.16. The second-order valence-corrected chi connectivity index (χ2v) is 4.15. The quantitative estimate of drug-likeness (QED) is 0.881. The van der Waals surface area contributed by atoms with E-state index >= 15 is 0 Å². The Morgan fingerprint density at radius 3 is 2.80 bits per heavy atom. The Morgan fingerprint density at radius 1 is 1.40 bits per heavy atom. The van der Waals surface area contributed by atoms with Crippen molar-refractivity contribution in [2.24, 2.45) is 0 Å². The normalized spacial score (nSPS) is 10.2. The lowest BCUT2D eigenvalue weighted by molar-refractivity contribution is 0.0601. The standard InChI is InChI=1S/C13H10ClFN2O3/c1-19-13(18)8-4-5-17-12(11(8)16)20-10-3-2-7(15)6-9(10)14/h2-6H,16H2,1H3. The van der Waals surface area contributed by atoms with Crippen LogP contribution >= 0.6 is 11.6 Å². The first kappa shape index (κ1) is 14.1. The second kappa shape index (κ2) is 5.75. The SMILES string of the molecule is COC(=O)c1ccnc(Oc2ccc(F)cc2Cl)c1N. The number of methoxy groups -OCH3 is 1. The first-order chi connectivity index (χ1) is 9.52. The smallest absolute Gasteiger partial charge is 0.340 e. The van der Waals surface area contributed by atoms with E-state index in [4.69, 9.17) is 22.1 Å². The number of halogens is 2. The fourth-order valence-corrected chi connectivity index (χ4v) is 1.69. The molecule has 0 aliphatic heterocycles. The van der Waals surface area contributed by atoms with Crippen molar-refractivity contribution in [3.63, 3.8) is 0 Å². The molecular weight excluding hydrogens is 287 g/mol. The average Bonchev–Trinajstić information content (AvgIpc) is 2.43. The Morgan fingerprint density at radius 2 is 2.15 bits per heavy atom. The summed E-state index contributed by atoms with van der Waals surface area (Å²) in [6.45, 7) is 0. The summed E-state index contributed by atoms with van der Waals surface area (Å²) in [5.74, 6) is -0.942. The molecule has 5 nitrogen and oxygen atoms in total. The number of nitrogens with two attached hydrogens (primary N) is 1. The van der Waals surface area contributed by atoms with Crippen LogP contribution in [-0.4, -0.2) is 18.1 Å². The summed E-state index contributed by atoms with van der Waals surface area (Å²) < 4.78 is 22.9. The van der Waals surface area contributed by atoms with E-state index in [2.05, 4.69) is 9.72 Å². The molecule has 104 valence electrons. The molecule has 20 heavy (non-hydrogen) atoms. The van der Waals surface area contributed by atoms with Crippen molar-refractivity contribution in [2.45, 2.75) is 0 Å². The minimum absolute atomic E-state index is 0.0126. The van der Waals surface area contributed by atoms with Crippen molar-refractivity contribution in [2.75, 3.05) is 12.8 Å². The Balaban J connectivity index is 2.37. The molecule has 0 atom stereocenters. The van der Waals surface area contributed by atoms with Gasteiger partial charge in [0.2, 0.25) is 5.88 Å². The monoisotopic (exact) mass is 296 g/mol. The number of nitrogens with zero attached hydrogens (tertiary/aromatic N) is 1. The van der Waals surface area contributed by atoms with Crippen LogP contribution in [-0.2, 0) is 4.74 Å². The highest BCUT2D eigenvalue weighted by atomic mass is 35.5. The molecular formula is C13H10ClFN2O3. The summed E-state index contributed by atoms with van der Waals surface area (Å²) in [5, 5.41) is 0.0645. The molecule has 0 unspecified atom stereocenters. The van der Waals surface area contributed by atoms with Crippen molar-refractivity contribution < 1.29 is 18.7 Å². The van der Waals surface area contributed by atoms with Crippen molar-refractivity contribution >= 4 is 23.3 Å². The number of carbonyl (C=O) groups is 1. The molecule has 1 heterocycles. The fraction of sp³-hybridized carbons (Fsp3) is 0.0769. The average molecular weight is 297 g/mol. The van der Waals surface area contributed by atoms with E-state index in [9.17, 15) is 9.18 Å². The molecule has 0 spiro atoms. The van der Waals surface area contributed by atoms with Crippen LogP contribution in [0.5, 0.6) is 11.6 Å². The van der Waals surface area contributed by atoms with Crippen LogP contribution in [0.2, 0.25) is 5.02 Å². The van der Waals surface area contributed by atoms with Gasteiger partial charge < -0.3 is 15.2 Å². The molecule has 2 N–H and O–H groups in total. The lowest BCUT2D eigenvalue weighted by Crippen LogP contribution is -2.07. The zero-order valence-corrected chi connectivity index (χ0v) is 11.1. The van der Waals surface area contributed by atoms with Crippen LogP contribution < -0.4 is 10.5 Å². The molecule has 7 heteroatoms. The summed E-state index contributed by atoms with van der Waals surface area (Å²) in [6.07, 6.45) is 1.34. The number of anilines is 1. The molecule has 0 radical (unpaired) electrons.